The Labute approximate surface area is 136 Å². The summed E-state index contributed by atoms with van der Waals surface area (Å²) in [4.78, 5) is 14.1. The Morgan fingerprint density at radius 3 is 3.00 bits per heavy atom. The van der Waals surface area contributed by atoms with Crippen LogP contribution in [0, 0.1) is 5.92 Å². The number of carbonyl (C=O) groups is 1. The predicted molar refractivity (Wildman–Crippen MR) is 85.9 cm³/mol. The summed E-state index contributed by atoms with van der Waals surface area (Å²) >= 11 is 0. The van der Waals surface area contributed by atoms with Crippen molar-refractivity contribution >= 4 is 15.9 Å². The summed E-state index contributed by atoms with van der Waals surface area (Å²) in [6, 6.07) is 3.00. The van der Waals surface area contributed by atoms with E-state index < -0.39 is 9.84 Å². The Morgan fingerprint density at radius 1 is 1.57 bits per heavy atom. The number of urea groups is 1. The standard InChI is InChI=1S/C15H24N2O5S/c1-12-10-17(6-9-23(19,20)11-12)15(18)16-13(5-8-21-2)14-4-3-7-22-14/h3-4,7,12-13H,5-6,8-11H2,1-2H3,(H,16,18)/t12-,13+/m1/s1. The van der Waals surface area contributed by atoms with Gasteiger partial charge in [0.25, 0.3) is 0 Å². The monoisotopic (exact) mass is 344 g/mol. The molecule has 0 saturated carbocycles. The normalized spacial score (nSPS) is 22.3. The fourth-order valence-electron chi connectivity index (χ4n) is 2.72. The highest BCUT2D eigenvalue weighted by atomic mass is 32.2. The van der Waals surface area contributed by atoms with Gasteiger partial charge >= 0.3 is 6.03 Å². The topological polar surface area (TPSA) is 88.9 Å². The molecule has 1 aliphatic heterocycles. The predicted octanol–water partition coefficient (Wildman–Crippen LogP) is 1.43. The maximum Gasteiger partial charge on any atom is 0.318 e. The summed E-state index contributed by atoms with van der Waals surface area (Å²) in [7, 11) is -1.48. The largest absolute Gasteiger partial charge is 0.467 e. The molecule has 1 aromatic rings. The zero-order valence-corrected chi connectivity index (χ0v) is 14.3. The summed E-state index contributed by atoms with van der Waals surface area (Å²) in [5.41, 5.74) is 0. The lowest BCUT2D eigenvalue weighted by molar-refractivity contribution is 0.167. The Morgan fingerprint density at radius 2 is 2.35 bits per heavy atom. The quantitative estimate of drug-likeness (QED) is 0.873. The van der Waals surface area contributed by atoms with Crippen molar-refractivity contribution in [2.24, 2.45) is 5.92 Å². The van der Waals surface area contributed by atoms with Gasteiger partial charge in [-0.1, -0.05) is 6.92 Å². The van der Waals surface area contributed by atoms with Gasteiger partial charge in [0.05, 0.1) is 23.8 Å². The van der Waals surface area contributed by atoms with Crippen LogP contribution in [0.3, 0.4) is 0 Å². The molecule has 2 rings (SSSR count). The van der Waals surface area contributed by atoms with Crippen molar-refractivity contribution in [1.82, 2.24) is 10.2 Å². The third-order valence-corrected chi connectivity index (χ3v) is 5.71. The molecule has 1 N–H and O–H groups in total. The third kappa shape index (κ3) is 5.24. The number of nitrogens with one attached hydrogen (secondary N) is 1. The Hall–Kier alpha value is -1.54. The molecule has 0 spiro atoms. The van der Waals surface area contributed by atoms with E-state index in [0.717, 1.165) is 0 Å². The number of hydrogen-bond acceptors (Lipinski definition) is 5. The molecule has 0 radical (unpaired) electrons. The van der Waals surface area contributed by atoms with Crippen molar-refractivity contribution in [2.45, 2.75) is 19.4 Å². The molecule has 0 aromatic carbocycles. The molecule has 2 amide bonds. The summed E-state index contributed by atoms with van der Waals surface area (Å²) in [5, 5.41) is 2.92. The van der Waals surface area contributed by atoms with Gasteiger partial charge in [-0.3, -0.25) is 0 Å². The molecule has 0 aliphatic carbocycles. The van der Waals surface area contributed by atoms with Gasteiger partial charge in [0.2, 0.25) is 0 Å². The van der Waals surface area contributed by atoms with Crippen molar-refractivity contribution < 1.29 is 22.4 Å². The van der Waals surface area contributed by atoms with Crippen molar-refractivity contribution in [3.8, 4) is 0 Å². The minimum Gasteiger partial charge on any atom is -0.467 e. The van der Waals surface area contributed by atoms with Gasteiger partial charge in [-0.05, 0) is 24.5 Å². The minimum absolute atomic E-state index is 0.00818. The van der Waals surface area contributed by atoms with Gasteiger partial charge in [0.1, 0.15) is 5.76 Å². The van der Waals surface area contributed by atoms with Gasteiger partial charge < -0.3 is 19.4 Å². The Kier molecular flexibility index (Phi) is 6.06. The van der Waals surface area contributed by atoms with E-state index in [9.17, 15) is 13.2 Å². The lowest BCUT2D eigenvalue weighted by Crippen LogP contribution is -2.44. The zero-order valence-electron chi connectivity index (χ0n) is 13.5. The summed E-state index contributed by atoms with van der Waals surface area (Å²) in [5.74, 6) is 0.719. The molecule has 1 aliphatic rings. The van der Waals surface area contributed by atoms with Crippen molar-refractivity contribution in [3.63, 3.8) is 0 Å². The average Bonchev–Trinajstić information content (AvgIpc) is 2.96. The highest BCUT2D eigenvalue weighted by Gasteiger charge is 2.28. The van der Waals surface area contributed by atoms with E-state index in [1.54, 1.807) is 30.4 Å². The Balaban J connectivity index is 2.03. The smallest absolute Gasteiger partial charge is 0.318 e. The second-order valence-electron chi connectivity index (χ2n) is 5.96. The van der Waals surface area contributed by atoms with E-state index in [2.05, 4.69) is 5.32 Å². The van der Waals surface area contributed by atoms with E-state index in [4.69, 9.17) is 9.15 Å². The average molecular weight is 344 g/mol. The third-order valence-electron chi connectivity index (χ3n) is 3.82. The van der Waals surface area contributed by atoms with Gasteiger partial charge in [0.15, 0.2) is 9.84 Å². The number of hydrogen-bond donors (Lipinski definition) is 1. The number of sulfone groups is 1. The molecule has 7 nitrogen and oxygen atoms in total. The number of rotatable bonds is 5. The van der Waals surface area contributed by atoms with Crippen LogP contribution >= 0.6 is 0 Å². The SMILES string of the molecule is COCC[C@H](NC(=O)N1CCS(=O)(=O)C[C@H](C)C1)c1ccco1. The molecular weight excluding hydrogens is 320 g/mol. The fourth-order valence-corrected chi connectivity index (χ4v) is 4.36. The number of furan rings is 1. The van der Waals surface area contributed by atoms with Crippen LogP contribution in [0.1, 0.15) is 25.1 Å². The van der Waals surface area contributed by atoms with E-state index in [-0.39, 0.29) is 36.0 Å². The van der Waals surface area contributed by atoms with Gasteiger partial charge in [-0.15, -0.1) is 0 Å². The molecule has 1 saturated heterocycles. The van der Waals surface area contributed by atoms with Crippen molar-refractivity contribution in [1.29, 1.82) is 0 Å². The highest BCUT2D eigenvalue weighted by Crippen LogP contribution is 2.19. The molecule has 0 unspecified atom stereocenters. The number of nitrogens with zero attached hydrogens (tertiary/aromatic N) is 1. The van der Waals surface area contributed by atoms with E-state index in [1.165, 1.54) is 0 Å². The van der Waals surface area contributed by atoms with Crippen LogP contribution < -0.4 is 5.32 Å². The molecule has 1 fully saturated rings. The molecule has 1 aromatic heterocycles. The first kappa shape index (κ1) is 17.8. The number of amides is 2. The molecule has 130 valence electrons. The first-order valence-electron chi connectivity index (χ1n) is 7.69. The molecule has 2 heterocycles. The maximum absolute atomic E-state index is 12.5. The summed E-state index contributed by atoms with van der Waals surface area (Å²) < 4.78 is 34.1. The Bertz CT molecular complexity index is 599. The summed E-state index contributed by atoms with van der Waals surface area (Å²) in [6.07, 6.45) is 2.14. The molecule has 8 heteroatoms. The molecular formula is C15H24N2O5S. The summed E-state index contributed by atoms with van der Waals surface area (Å²) in [6.45, 7) is 2.97. The van der Waals surface area contributed by atoms with Gasteiger partial charge in [-0.2, -0.15) is 0 Å². The van der Waals surface area contributed by atoms with Crippen LogP contribution in [0.15, 0.2) is 22.8 Å². The minimum atomic E-state index is -3.08. The van der Waals surface area contributed by atoms with Crippen LogP contribution in [0.25, 0.3) is 0 Å². The van der Waals surface area contributed by atoms with Gasteiger partial charge in [0, 0.05) is 26.8 Å². The van der Waals surface area contributed by atoms with Crippen molar-refractivity contribution in [3.05, 3.63) is 24.2 Å². The second-order valence-corrected chi connectivity index (χ2v) is 8.19. The zero-order chi connectivity index (χ0) is 16.9. The number of methoxy groups -OCH3 is 1. The fraction of sp³-hybridized carbons (Fsp3) is 0.667. The van der Waals surface area contributed by atoms with Crippen molar-refractivity contribution in [2.75, 3.05) is 38.3 Å². The first-order valence-corrected chi connectivity index (χ1v) is 9.51. The number of ether oxygens (including phenoxy) is 1. The molecule has 2 atom stereocenters. The van der Waals surface area contributed by atoms with E-state index in [1.807, 2.05) is 6.92 Å². The first-order chi connectivity index (χ1) is 10.9. The van der Waals surface area contributed by atoms with Crippen LogP contribution in [-0.4, -0.2) is 57.7 Å². The lowest BCUT2D eigenvalue weighted by atomic mass is 10.1. The highest BCUT2D eigenvalue weighted by molar-refractivity contribution is 7.91. The van der Waals surface area contributed by atoms with Gasteiger partial charge in [-0.25, -0.2) is 13.2 Å². The number of carbonyl (C=O) groups excluding carboxylic acids is 1. The van der Waals surface area contributed by atoms with E-state index in [0.29, 0.717) is 25.3 Å². The molecule has 0 bridgehead atoms. The van der Waals surface area contributed by atoms with Crippen LogP contribution in [-0.2, 0) is 14.6 Å². The van der Waals surface area contributed by atoms with E-state index >= 15 is 0 Å². The molecule has 23 heavy (non-hydrogen) atoms. The second kappa shape index (κ2) is 7.83. The van der Waals surface area contributed by atoms with Crippen LogP contribution in [0.5, 0.6) is 0 Å². The van der Waals surface area contributed by atoms with Crippen LogP contribution in [0.2, 0.25) is 0 Å². The van der Waals surface area contributed by atoms with Crippen LogP contribution in [0.4, 0.5) is 4.79 Å². The maximum atomic E-state index is 12.5. The lowest BCUT2D eigenvalue weighted by Gasteiger charge is -2.25.